The number of benzene rings is 4. The summed E-state index contributed by atoms with van der Waals surface area (Å²) >= 11 is 0. The van der Waals surface area contributed by atoms with Gasteiger partial charge in [-0.15, -0.1) is 0 Å². The van der Waals surface area contributed by atoms with Gasteiger partial charge in [-0.05, 0) is 79.8 Å². The van der Waals surface area contributed by atoms with E-state index < -0.39 is 51.1 Å². The zero-order valence-corrected chi connectivity index (χ0v) is 26.9. The predicted molar refractivity (Wildman–Crippen MR) is 174 cm³/mol. The lowest BCUT2D eigenvalue weighted by molar-refractivity contribution is -0.137. The SMILES string of the molecule is CC(C)(N)C(=O)N[C@@H]1CCc2cc(C(F)(F)F)ccc2N(Cc2ccc(-c3ccccc3S(=O)(=O)NC(=O)c3ccccc3)cc2)C1=O. The number of carbonyl (C=O) groups is 3. The Hall–Kier alpha value is -5.01. The molecular weight excluding hydrogens is 645 g/mol. The molecule has 0 bridgehead atoms. The number of alkyl halides is 3. The van der Waals surface area contributed by atoms with Crippen molar-refractivity contribution in [3.63, 3.8) is 0 Å². The molecule has 250 valence electrons. The van der Waals surface area contributed by atoms with E-state index in [1.54, 1.807) is 54.6 Å². The van der Waals surface area contributed by atoms with E-state index in [0.717, 1.165) is 12.1 Å². The summed E-state index contributed by atoms with van der Waals surface area (Å²) in [5.74, 6) is -1.88. The van der Waals surface area contributed by atoms with Crippen LogP contribution in [0.25, 0.3) is 11.1 Å². The highest BCUT2D eigenvalue weighted by molar-refractivity contribution is 7.90. The number of hydrogen-bond acceptors (Lipinski definition) is 6. The molecule has 3 amide bonds. The van der Waals surface area contributed by atoms with E-state index in [1.807, 2.05) is 0 Å². The van der Waals surface area contributed by atoms with Gasteiger partial charge < -0.3 is 16.0 Å². The molecule has 1 atom stereocenters. The number of hydrogen-bond donors (Lipinski definition) is 3. The van der Waals surface area contributed by atoms with Crippen molar-refractivity contribution in [1.82, 2.24) is 10.0 Å². The van der Waals surface area contributed by atoms with Gasteiger partial charge in [0.05, 0.1) is 22.5 Å². The van der Waals surface area contributed by atoms with Gasteiger partial charge in [-0.25, -0.2) is 13.1 Å². The maximum Gasteiger partial charge on any atom is 0.416 e. The molecule has 0 saturated heterocycles. The summed E-state index contributed by atoms with van der Waals surface area (Å²) in [6, 6.07) is 22.9. The lowest BCUT2D eigenvalue weighted by Crippen LogP contribution is -2.56. The van der Waals surface area contributed by atoms with E-state index in [4.69, 9.17) is 5.73 Å². The van der Waals surface area contributed by atoms with Crippen molar-refractivity contribution in [3.8, 4) is 11.1 Å². The summed E-state index contributed by atoms with van der Waals surface area (Å²) < 4.78 is 69.4. The van der Waals surface area contributed by atoms with Crippen LogP contribution in [0.15, 0.2) is 102 Å². The van der Waals surface area contributed by atoms with Gasteiger partial charge in [0.25, 0.3) is 15.9 Å². The second-order valence-corrected chi connectivity index (χ2v) is 13.7. The third-order valence-electron chi connectivity index (χ3n) is 7.90. The first-order valence-corrected chi connectivity index (χ1v) is 16.4. The first-order valence-electron chi connectivity index (χ1n) is 15.0. The summed E-state index contributed by atoms with van der Waals surface area (Å²) in [6.07, 6.45) is -4.42. The van der Waals surface area contributed by atoms with Crippen LogP contribution in [0, 0.1) is 0 Å². The average Bonchev–Trinajstić information content (AvgIpc) is 3.16. The molecule has 0 aliphatic carbocycles. The molecule has 4 aromatic rings. The Labute approximate surface area is 276 Å². The molecule has 0 radical (unpaired) electrons. The number of halogens is 3. The first kappa shape index (κ1) is 34.3. The van der Waals surface area contributed by atoms with E-state index >= 15 is 0 Å². The van der Waals surface area contributed by atoms with E-state index in [-0.39, 0.29) is 35.5 Å². The van der Waals surface area contributed by atoms with Crippen molar-refractivity contribution in [2.24, 2.45) is 5.73 Å². The second-order valence-electron chi connectivity index (χ2n) is 12.0. The second kappa shape index (κ2) is 13.2. The Kier molecular flexibility index (Phi) is 9.47. The van der Waals surface area contributed by atoms with Crippen LogP contribution in [-0.4, -0.2) is 37.7 Å². The van der Waals surface area contributed by atoms with Crippen molar-refractivity contribution in [3.05, 3.63) is 119 Å². The molecule has 48 heavy (non-hydrogen) atoms. The number of nitrogens with two attached hydrogens (primary N) is 1. The molecule has 4 N–H and O–H groups in total. The molecular formula is C35H33F3N4O5S. The van der Waals surface area contributed by atoms with Crippen LogP contribution in [0.3, 0.4) is 0 Å². The molecule has 0 unspecified atom stereocenters. The number of nitrogens with zero attached hydrogens (tertiary/aromatic N) is 1. The third-order valence-corrected chi connectivity index (χ3v) is 9.29. The molecule has 1 heterocycles. The molecule has 1 aliphatic rings. The summed E-state index contributed by atoms with van der Waals surface area (Å²) in [4.78, 5) is 40.4. The number of fused-ring (bicyclic) bond motifs is 1. The molecule has 0 spiro atoms. The Morgan fingerprint density at radius 1 is 0.917 bits per heavy atom. The van der Waals surface area contributed by atoms with Crippen LogP contribution in [0.4, 0.5) is 18.9 Å². The predicted octanol–water partition coefficient (Wildman–Crippen LogP) is 5.19. The standard InChI is InChI=1S/C35H33F3N4O5S/c1-34(2,39)33(45)40-28-18-16-25-20-26(35(36,37)38)17-19-29(25)42(32(28)44)21-22-12-14-23(15-13-22)27-10-6-7-11-30(27)48(46,47)41-31(43)24-8-4-3-5-9-24/h3-15,17,19-20,28H,16,18,21,39H2,1-2H3,(H,40,45)(H,41,43)/t28-/m1/s1. The van der Waals surface area contributed by atoms with Gasteiger partial charge in [-0.2, -0.15) is 13.2 Å². The summed E-state index contributed by atoms with van der Waals surface area (Å²) in [5.41, 5.74) is 5.94. The van der Waals surface area contributed by atoms with Crippen LogP contribution in [0.5, 0.6) is 0 Å². The Morgan fingerprint density at radius 2 is 1.56 bits per heavy atom. The molecule has 9 nitrogen and oxygen atoms in total. The Bertz CT molecular complexity index is 1960. The topological polar surface area (TPSA) is 139 Å². The minimum absolute atomic E-state index is 0.0526. The van der Waals surface area contributed by atoms with Crippen LogP contribution < -0.4 is 20.7 Å². The Balaban J connectivity index is 1.44. The zero-order valence-electron chi connectivity index (χ0n) is 26.0. The van der Waals surface area contributed by atoms with E-state index in [2.05, 4.69) is 10.0 Å². The molecule has 1 aliphatic heterocycles. The summed E-state index contributed by atoms with van der Waals surface area (Å²) in [5, 5.41) is 2.65. The van der Waals surface area contributed by atoms with Gasteiger partial charge in [0.2, 0.25) is 11.8 Å². The van der Waals surface area contributed by atoms with Gasteiger partial charge in [0.1, 0.15) is 6.04 Å². The first-order chi connectivity index (χ1) is 22.5. The van der Waals surface area contributed by atoms with Gasteiger partial charge in [-0.3, -0.25) is 14.4 Å². The fraction of sp³-hybridized carbons (Fsp3) is 0.229. The van der Waals surface area contributed by atoms with Crippen molar-refractivity contribution >= 4 is 33.4 Å². The van der Waals surface area contributed by atoms with Crippen molar-refractivity contribution in [1.29, 1.82) is 0 Å². The lowest BCUT2D eigenvalue weighted by atomic mass is 10.0. The number of sulfonamides is 1. The quantitative estimate of drug-likeness (QED) is 0.235. The number of nitrogens with one attached hydrogen (secondary N) is 2. The van der Waals surface area contributed by atoms with Crippen LogP contribution in [-0.2, 0) is 38.8 Å². The Morgan fingerprint density at radius 3 is 2.21 bits per heavy atom. The van der Waals surface area contributed by atoms with Gasteiger partial charge in [0, 0.05) is 16.8 Å². The zero-order chi connectivity index (χ0) is 34.9. The fourth-order valence-electron chi connectivity index (χ4n) is 5.33. The number of rotatable bonds is 8. The van der Waals surface area contributed by atoms with Crippen LogP contribution >= 0.6 is 0 Å². The highest BCUT2D eigenvalue weighted by Crippen LogP contribution is 2.36. The number of carbonyl (C=O) groups excluding carboxylic acids is 3. The van der Waals surface area contributed by atoms with Crippen molar-refractivity contribution in [2.45, 2.75) is 55.9 Å². The third kappa shape index (κ3) is 7.58. The molecule has 4 aromatic carbocycles. The van der Waals surface area contributed by atoms with Crippen molar-refractivity contribution in [2.75, 3.05) is 4.90 Å². The van der Waals surface area contributed by atoms with E-state index in [1.165, 1.54) is 49.1 Å². The smallest absolute Gasteiger partial charge is 0.343 e. The lowest BCUT2D eigenvalue weighted by Gasteiger charge is -2.28. The fourth-order valence-corrected chi connectivity index (χ4v) is 6.54. The summed E-state index contributed by atoms with van der Waals surface area (Å²) in [7, 11) is -4.28. The maximum atomic E-state index is 13.8. The van der Waals surface area contributed by atoms with Crippen LogP contribution in [0.1, 0.15) is 47.3 Å². The molecule has 0 aromatic heterocycles. The number of anilines is 1. The largest absolute Gasteiger partial charge is 0.416 e. The monoisotopic (exact) mass is 678 g/mol. The maximum absolute atomic E-state index is 13.8. The van der Waals surface area contributed by atoms with Crippen LogP contribution in [0.2, 0.25) is 0 Å². The average molecular weight is 679 g/mol. The highest BCUT2D eigenvalue weighted by Gasteiger charge is 2.36. The molecule has 13 heteroatoms. The minimum Gasteiger partial charge on any atom is -0.343 e. The summed E-state index contributed by atoms with van der Waals surface area (Å²) in [6.45, 7) is 2.91. The van der Waals surface area contributed by atoms with Gasteiger partial charge in [-0.1, -0.05) is 60.7 Å². The van der Waals surface area contributed by atoms with E-state index in [9.17, 15) is 36.0 Å². The molecule has 5 rings (SSSR count). The molecule has 0 saturated carbocycles. The van der Waals surface area contributed by atoms with Crippen molar-refractivity contribution < 1.29 is 36.0 Å². The number of aryl methyl sites for hydroxylation is 1. The minimum atomic E-state index is -4.59. The van der Waals surface area contributed by atoms with Gasteiger partial charge >= 0.3 is 6.18 Å². The highest BCUT2D eigenvalue weighted by atomic mass is 32.2. The van der Waals surface area contributed by atoms with E-state index in [0.29, 0.717) is 22.3 Å². The normalized spacial score (nSPS) is 15.3. The van der Waals surface area contributed by atoms with Gasteiger partial charge in [0.15, 0.2) is 0 Å². The number of amides is 3. The molecule has 0 fully saturated rings.